The van der Waals surface area contributed by atoms with Crippen molar-refractivity contribution < 1.29 is 4.42 Å². The number of fused-ring (bicyclic) bond motifs is 1. The Morgan fingerprint density at radius 2 is 2.36 bits per heavy atom. The summed E-state index contributed by atoms with van der Waals surface area (Å²) < 4.78 is 6.22. The molecular formula is C10H11BrN2O. The number of aromatic nitrogens is 1. The zero-order chi connectivity index (χ0) is 10.1. The highest BCUT2D eigenvalue weighted by Gasteiger charge is 2.10. The number of nitrogens with two attached hydrogens (primary N) is 1. The Kier molecular flexibility index (Phi) is 2.56. The first kappa shape index (κ1) is 9.68. The maximum absolute atomic E-state index is 5.63. The lowest BCUT2D eigenvalue weighted by molar-refractivity contribution is 0.602. The molecule has 14 heavy (non-hydrogen) atoms. The molecule has 0 bridgehead atoms. The van der Waals surface area contributed by atoms with Crippen molar-refractivity contribution in [3.05, 3.63) is 28.6 Å². The second-order valence-electron chi connectivity index (χ2n) is 3.33. The summed E-state index contributed by atoms with van der Waals surface area (Å²) in [5.41, 5.74) is 8.48. The molecule has 4 heteroatoms. The van der Waals surface area contributed by atoms with Crippen molar-refractivity contribution in [2.75, 3.05) is 6.54 Å². The predicted octanol–water partition coefficient (Wildman–Crippen LogP) is 2.65. The molecule has 0 saturated carbocycles. The van der Waals surface area contributed by atoms with Gasteiger partial charge in [0.1, 0.15) is 5.52 Å². The molecule has 0 saturated heterocycles. The number of nitrogens with zero attached hydrogens (tertiary/aromatic N) is 1. The number of hydrogen-bond donors (Lipinski definition) is 1. The molecule has 1 aromatic carbocycles. The summed E-state index contributed by atoms with van der Waals surface area (Å²) in [5.74, 6) is 0.325. The van der Waals surface area contributed by atoms with E-state index in [4.69, 9.17) is 10.2 Å². The first-order valence-corrected chi connectivity index (χ1v) is 5.24. The minimum atomic E-state index is 0.325. The summed E-state index contributed by atoms with van der Waals surface area (Å²) in [4.78, 5) is 4.11. The van der Waals surface area contributed by atoms with Crippen LogP contribution in [0.3, 0.4) is 0 Å². The highest BCUT2D eigenvalue weighted by molar-refractivity contribution is 9.10. The third kappa shape index (κ3) is 1.55. The van der Waals surface area contributed by atoms with E-state index in [0.29, 0.717) is 12.5 Å². The highest BCUT2D eigenvalue weighted by Crippen LogP contribution is 2.28. The molecule has 1 atom stereocenters. The van der Waals surface area contributed by atoms with E-state index in [2.05, 4.69) is 27.8 Å². The summed E-state index contributed by atoms with van der Waals surface area (Å²) in [6, 6.07) is 3.95. The van der Waals surface area contributed by atoms with Gasteiger partial charge in [0.15, 0.2) is 12.0 Å². The molecule has 2 aromatic rings. The zero-order valence-electron chi connectivity index (χ0n) is 7.83. The van der Waals surface area contributed by atoms with Crippen LogP contribution in [-0.2, 0) is 0 Å². The smallest absolute Gasteiger partial charge is 0.181 e. The molecule has 1 aromatic heterocycles. The van der Waals surface area contributed by atoms with Gasteiger partial charge in [-0.2, -0.15) is 0 Å². The van der Waals surface area contributed by atoms with E-state index in [0.717, 1.165) is 15.6 Å². The first-order chi connectivity index (χ1) is 6.72. The van der Waals surface area contributed by atoms with Crippen LogP contribution >= 0.6 is 15.9 Å². The van der Waals surface area contributed by atoms with Gasteiger partial charge in [0, 0.05) is 4.47 Å². The van der Waals surface area contributed by atoms with E-state index < -0.39 is 0 Å². The molecule has 1 unspecified atom stereocenters. The van der Waals surface area contributed by atoms with Crippen LogP contribution in [0.5, 0.6) is 0 Å². The van der Waals surface area contributed by atoms with Crippen molar-refractivity contribution in [3.63, 3.8) is 0 Å². The summed E-state index contributed by atoms with van der Waals surface area (Å²) in [5, 5.41) is 0. The summed E-state index contributed by atoms with van der Waals surface area (Å²) in [6.07, 6.45) is 1.45. The average molecular weight is 255 g/mol. The van der Waals surface area contributed by atoms with Crippen LogP contribution in [0.1, 0.15) is 18.4 Å². The monoisotopic (exact) mass is 254 g/mol. The SMILES string of the molecule is CC(CN)c1cc2ncoc2cc1Br. The molecule has 0 aliphatic carbocycles. The minimum Gasteiger partial charge on any atom is -0.443 e. The van der Waals surface area contributed by atoms with Crippen LogP contribution in [0.15, 0.2) is 27.4 Å². The quantitative estimate of drug-likeness (QED) is 0.897. The molecule has 0 aliphatic rings. The molecular weight excluding hydrogens is 244 g/mol. The Morgan fingerprint density at radius 1 is 1.57 bits per heavy atom. The van der Waals surface area contributed by atoms with Crippen molar-refractivity contribution in [2.45, 2.75) is 12.8 Å². The third-order valence-electron chi connectivity index (χ3n) is 2.33. The fourth-order valence-corrected chi connectivity index (χ4v) is 2.11. The fraction of sp³-hybridized carbons (Fsp3) is 0.300. The molecule has 2 N–H and O–H groups in total. The lowest BCUT2D eigenvalue weighted by Gasteiger charge is -2.10. The lowest BCUT2D eigenvalue weighted by Crippen LogP contribution is -2.09. The standard InChI is InChI=1S/C10H11BrN2O/c1-6(4-12)7-2-9-10(3-8(7)11)14-5-13-9/h2-3,5-6H,4,12H2,1H3. The highest BCUT2D eigenvalue weighted by atomic mass is 79.9. The maximum Gasteiger partial charge on any atom is 0.181 e. The molecule has 0 fully saturated rings. The van der Waals surface area contributed by atoms with Crippen molar-refractivity contribution in [2.24, 2.45) is 5.73 Å². The summed E-state index contributed by atoms with van der Waals surface area (Å²) in [6.45, 7) is 2.72. The number of hydrogen-bond acceptors (Lipinski definition) is 3. The number of halogens is 1. The van der Waals surface area contributed by atoms with E-state index in [9.17, 15) is 0 Å². The van der Waals surface area contributed by atoms with Crippen LogP contribution in [0.4, 0.5) is 0 Å². The van der Waals surface area contributed by atoms with Gasteiger partial charge in [0.25, 0.3) is 0 Å². The van der Waals surface area contributed by atoms with Gasteiger partial charge in [-0.3, -0.25) is 0 Å². The van der Waals surface area contributed by atoms with Gasteiger partial charge in [-0.25, -0.2) is 4.98 Å². The van der Waals surface area contributed by atoms with Crippen molar-refractivity contribution in [3.8, 4) is 0 Å². The zero-order valence-corrected chi connectivity index (χ0v) is 9.41. The van der Waals surface area contributed by atoms with Gasteiger partial charge >= 0.3 is 0 Å². The second kappa shape index (κ2) is 3.71. The molecule has 1 heterocycles. The topological polar surface area (TPSA) is 52.0 Å². The Morgan fingerprint density at radius 3 is 3.07 bits per heavy atom. The molecule has 0 amide bonds. The Labute approximate surface area is 90.4 Å². The Hall–Kier alpha value is -0.870. The van der Waals surface area contributed by atoms with Crippen LogP contribution in [0, 0.1) is 0 Å². The van der Waals surface area contributed by atoms with E-state index in [1.807, 2.05) is 12.1 Å². The summed E-state index contributed by atoms with van der Waals surface area (Å²) in [7, 11) is 0. The number of oxazole rings is 1. The fourth-order valence-electron chi connectivity index (χ4n) is 1.40. The van der Waals surface area contributed by atoms with Crippen LogP contribution in [-0.4, -0.2) is 11.5 Å². The summed E-state index contributed by atoms with van der Waals surface area (Å²) >= 11 is 3.50. The maximum atomic E-state index is 5.63. The normalized spacial score (nSPS) is 13.4. The van der Waals surface area contributed by atoms with Gasteiger partial charge in [0.05, 0.1) is 0 Å². The van der Waals surface area contributed by atoms with Gasteiger partial charge in [-0.05, 0) is 30.2 Å². The van der Waals surface area contributed by atoms with Gasteiger partial charge < -0.3 is 10.2 Å². The Bertz CT molecular complexity index is 452. The van der Waals surface area contributed by atoms with E-state index in [1.165, 1.54) is 12.0 Å². The lowest BCUT2D eigenvalue weighted by atomic mass is 10.0. The van der Waals surface area contributed by atoms with Crippen LogP contribution in [0.25, 0.3) is 11.1 Å². The Balaban J connectivity index is 2.58. The van der Waals surface area contributed by atoms with Crippen LogP contribution in [0.2, 0.25) is 0 Å². The number of benzene rings is 1. The van der Waals surface area contributed by atoms with E-state index in [1.54, 1.807) is 0 Å². The average Bonchev–Trinajstić information content (AvgIpc) is 2.62. The molecule has 0 aliphatic heterocycles. The minimum absolute atomic E-state index is 0.325. The van der Waals surface area contributed by atoms with Gasteiger partial charge in [0.2, 0.25) is 0 Å². The molecule has 3 nitrogen and oxygen atoms in total. The third-order valence-corrected chi connectivity index (χ3v) is 3.02. The number of rotatable bonds is 2. The van der Waals surface area contributed by atoms with Crippen molar-refractivity contribution >= 4 is 27.0 Å². The first-order valence-electron chi connectivity index (χ1n) is 4.45. The van der Waals surface area contributed by atoms with Crippen molar-refractivity contribution in [1.29, 1.82) is 0 Å². The molecule has 74 valence electrons. The predicted molar refractivity (Wildman–Crippen MR) is 59.2 cm³/mol. The molecule has 0 radical (unpaired) electrons. The molecule has 0 spiro atoms. The molecule has 2 rings (SSSR count). The van der Waals surface area contributed by atoms with E-state index in [-0.39, 0.29) is 0 Å². The van der Waals surface area contributed by atoms with Crippen molar-refractivity contribution in [1.82, 2.24) is 4.98 Å². The van der Waals surface area contributed by atoms with Gasteiger partial charge in [-0.1, -0.05) is 22.9 Å². The van der Waals surface area contributed by atoms with E-state index >= 15 is 0 Å². The largest absolute Gasteiger partial charge is 0.443 e. The van der Waals surface area contributed by atoms with Crippen LogP contribution < -0.4 is 5.73 Å². The second-order valence-corrected chi connectivity index (χ2v) is 4.18. The van der Waals surface area contributed by atoms with Gasteiger partial charge in [-0.15, -0.1) is 0 Å².